The van der Waals surface area contributed by atoms with Gasteiger partial charge in [0.1, 0.15) is 17.1 Å². The van der Waals surface area contributed by atoms with Crippen molar-refractivity contribution in [1.29, 1.82) is 0 Å². The number of benzene rings is 1. The second-order valence-electron chi connectivity index (χ2n) is 5.63. The number of carbonyl (C=O) groups excluding carboxylic acids is 1. The van der Waals surface area contributed by atoms with Crippen molar-refractivity contribution < 1.29 is 14.1 Å². The lowest BCUT2D eigenvalue weighted by molar-refractivity contribution is 0.0937. The van der Waals surface area contributed by atoms with Crippen molar-refractivity contribution in [3.8, 4) is 5.75 Å². The molecule has 22 heavy (non-hydrogen) atoms. The van der Waals surface area contributed by atoms with Gasteiger partial charge in [-0.05, 0) is 52.3 Å². The van der Waals surface area contributed by atoms with Gasteiger partial charge in [0.15, 0.2) is 0 Å². The zero-order valence-electron chi connectivity index (χ0n) is 13.6. The first-order valence-corrected chi connectivity index (χ1v) is 7.39. The van der Waals surface area contributed by atoms with Gasteiger partial charge in [-0.3, -0.25) is 4.79 Å². The van der Waals surface area contributed by atoms with Crippen LogP contribution in [0.25, 0.3) is 0 Å². The fraction of sp³-hybridized carbons (Fsp3) is 0.412. The average Bonchev–Trinajstić information content (AvgIpc) is 2.77. The average molecular weight is 302 g/mol. The highest BCUT2D eigenvalue weighted by Gasteiger charge is 2.19. The van der Waals surface area contributed by atoms with Gasteiger partial charge in [0.25, 0.3) is 5.91 Å². The summed E-state index contributed by atoms with van der Waals surface area (Å²) in [5.41, 5.74) is 2.08. The molecule has 0 radical (unpaired) electrons. The molecular formula is C17H22N2O3. The minimum absolute atomic E-state index is 0.113. The van der Waals surface area contributed by atoms with Gasteiger partial charge >= 0.3 is 0 Å². The second kappa shape index (κ2) is 6.64. The van der Waals surface area contributed by atoms with Crippen molar-refractivity contribution in [2.75, 3.05) is 0 Å². The van der Waals surface area contributed by atoms with E-state index in [-0.39, 0.29) is 18.1 Å². The van der Waals surface area contributed by atoms with E-state index in [1.807, 2.05) is 45.0 Å². The summed E-state index contributed by atoms with van der Waals surface area (Å²) < 4.78 is 10.7. The number of hydrogen-bond acceptors (Lipinski definition) is 4. The van der Waals surface area contributed by atoms with Gasteiger partial charge in [-0.1, -0.05) is 17.3 Å². The molecular weight excluding hydrogens is 280 g/mol. The van der Waals surface area contributed by atoms with Crippen LogP contribution < -0.4 is 10.1 Å². The number of ether oxygens (including phenoxy) is 1. The fourth-order valence-electron chi connectivity index (χ4n) is 2.29. The maximum absolute atomic E-state index is 12.4. The van der Waals surface area contributed by atoms with Gasteiger partial charge in [0.05, 0.1) is 17.8 Å². The van der Waals surface area contributed by atoms with E-state index in [1.165, 1.54) is 0 Å². The largest absolute Gasteiger partial charge is 0.491 e. The molecule has 2 rings (SSSR count). The van der Waals surface area contributed by atoms with Crippen LogP contribution in [-0.4, -0.2) is 17.2 Å². The summed E-state index contributed by atoms with van der Waals surface area (Å²) in [5, 5.41) is 6.77. The summed E-state index contributed by atoms with van der Waals surface area (Å²) in [4.78, 5) is 12.4. The van der Waals surface area contributed by atoms with Crippen molar-refractivity contribution >= 4 is 5.91 Å². The van der Waals surface area contributed by atoms with E-state index >= 15 is 0 Å². The zero-order valence-corrected chi connectivity index (χ0v) is 13.6. The molecule has 0 bridgehead atoms. The first-order valence-electron chi connectivity index (χ1n) is 7.39. The third-order valence-corrected chi connectivity index (χ3v) is 3.34. The summed E-state index contributed by atoms with van der Waals surface area (Å²) >= 11 is 0. The number of aryl methyl sites for hydroxylation is 2. The van der Waals surface area contributed by atoms with Gasteiger partial charge in [0.2, 0.25) is 0 Å². The van der Waals surface area contributed by atoms with Crippen LogP contribution in [0.1, 0.15) is 54.2 Å². The van der Waals surface area contributed by atoms with Crippen molar-refractivity contribution in [3.63, 3.8) is 0 Å². The first-order chi connectivity index (χ1) is 10.4. The van der Waals surface area contributed by atoms with Crippen LogP contribution in [0, 0.1) is 13.8 Å². The SMILES string of the molecule is Cc1noc(C)c1C(=O)N[C@H](C)c1cccc(OC(C)C)c1. The topological polar surface area (TPSA) is 64.4 Å². The molecule has 0 saturated carbocycles. The minimum atomic E-state index is -0.182. The number of nitrogens with one attached hydrogen (secondary N) is 1. The highest BCUT2D eigenvalue weighted by atomic mass is 16.5. The second-order valence-corrected chi connectivity index (χ2v) is 5.63. The predicted molar refractivity (Wildman–Crippen MR) is 84.1 cm³/mol. The van der Waals surface area contributed by atoms with Crippen molar-refractivity contribution in [2.45, 2.75) is 46.8 Å². The lowest BCUT2D eigenvalue weighted by Gasteiger charge is -2.16. The molecule has 0 fully saturated rings. The molecule has 1 amide bonds. The minimum Gasteiger partial charge on any atom is -0.491 e. The molecule has 0 unspecified atom stereocenters. The highest BCUT2D eigenvalue weighted by Crippen LogP contribution is 2.21. The molecule has 1 aromatic heterocycles. The van der Waals surface area contributed by atoms with E-state index in [2.05, 4.69) is 10.5 Å². The van der Waals surface area contributed by atoms with E-state index in [1.54, 1.807) is 13.8 Å². The van der Waals surface area contributed by atoms with Crippen LogP contribution in [0.4, 0.5) is 0 Å². The molecule has 1 aromatic carbocycles. The number of carbonyl (C=O) groups is 1. The molecule has 0 spiro atoms. The van der Waals surface area contributed by atoms with Gasteiger partial charge in [0, 0.05) is 0 Å². The Balaban J connectivity index is 2.12. The Hall–Kier alpha value is -2.30. The van der Waals surface area contributed by atoms with Gasteiger partial charge in [-0.25, -0.2) is 0 Å². The Bertz CT molecular complexity index is 642. The van der Waals surface area contributed by atoms with Crippen LogP contribution in [0.3, 0.4) is 0 Å². The molecule has 2 aromatic rings. The number of hydrogen-bond donors (Lipinski definition) is 1. The number of amides is 1. The summed E-state index contributed by atoms with van der Waals surface area (Å²) in [6.45, 7) is 9.39. The first kappa shape index (κ1) is 16.1. The summed E-state index contributed by atoms with van der Waals surface area (Å²) in [7, 11) is 0. The van der Waals surface area contributed by atoms with E-state index in [4.69, 9.17) is 9.26 Å². The quantitative estimate of drug-likeness (QED) is 0.917. The monoisotopic (exact) mass is 302 g/mol. The van der Waals surface area contributed by atoms with Gasteiger partial charge in [-0.2, -0.15) is 0 Å². The molecule has 0 aliphatic heterocycles. The smallest absolute Gasteiger partial charge is 0.257 e. The number of rotatable bonds is 5. The Morgan fingerprint density at radius 3 is 2.59 bits per heavy atom. The molecule has 1 N–H and O–H groups in total. The van der Waals surface area contributed by atoms with Crippen molar-refractivity contribution in [2.24, 2.45) is 0 Å². The van der Waals surface area contributed by atoms with Crippen LogP contribution in [0.5, 0.6) is 5.75 Å². The number of nitrogens with zero attached hydrogens (tertiary/aromatic N) is 1. The Labute approximate surface area is 130 Å². The van der Waals surface area contributed by atoms with Crippen molar-refractivity contribution in [1.82, 2.24) is 10.5 Å². The predicted octanol–water partition coefficient (Wildman–Crippen LogP) is 3.57. The molecule has 5 heteroatoms. The van der Waals surface area contributed by atoms with Gasteiger partial charge < -0.3 is 14.6 Å². The third-order valence-electron chi connectivity index (χ3n) is 3.34. The van der Waals surface area contributed by atoms with Crippen LogP contribution in [0.15, 0.2) is 28.8 Å². The third kappa shape index (κ3) is 3.67. The van der Waals surface area contributed by atoms with Crippen LogP contribution >= 0.6 is 0 Å². The van der Waals surface area contributed by atoms with E-state index in [0.717, 1.165) is 11.3 Å². The van der Waals surface area contributed by atoms with Crippen molar-refractivity contribution in [3.05, 3.63) is 46.8 Å². The lowest BCUT2D eigenvalue weighted by atomic mass is 10.1. The maximum atomic E-state index is 12.4. The summed E-state index contributed by atoms with van der Waals surface area (Å²) in [6, 6.07) is 7.60. The van der Waals surface area contributed by atoms with Crippen LogP contribution in [0.2, 0.25) is 0 Å². The highest BCUT2D eigenvalue weighted by molar-refractivity contribution is 5.96. The summed E-state index contributed by atoms with van der Waals surface area (Å²) in [6.07, 6.45) is 0.113. The Morgan fingerprint density at radius 2 is 2.00 bits per heavy atom. The van der Waals surface area contributed by atoms with E-state index < -0.39 is 0 Å². The molecule has 0 aliphatic rings. The molecule has 0 saturated heterocycles. The maximum Gasteiger partial charge on any atom is 0.257 e. The Morgan fingerprint density at radius 1 is 1.27 bits per heavy atom. The fourth-order valence-corrected chi connectivity index (χ4v) is 2.29. The number of aromatic nitrogens is 1. The standard InChI is InChI=1S/C17H22N2O3/c1-10(2)21-15-8-6-7-14(9-15)11(3)18-17(20)16-12(4)19-22-13(16)5/h6-11H,1-5H3,(H,18,20)/t11-/m1/s1. The van der Waals surface area contributed by atoms with E-state index in [9.17, 15) is 4.79 Å². The normalized spacial score (nSPS) is 12.3. The molecule has 118 valence electrons. The lowest BCUT2D eigenvalue weighted by Crippen LogP contribution is -2.27. The van der Waals surface area contributed by atoms with Crippen LogP contribution in [-0.2, 0) is 0 Å². The molecule has 1 heterocycles. The molecule has 5 nitrogen and oxygen atoms in total. The van der Waals surface area contributed by atoms with E-state index in [0.29, 0.717) is 17.0 Å². The zero-order chi connectivity index (χ0) is 16.3. The summed E-state index contributed by atoms with van der Waals surface area (Å²) in [5.74, 6) is 1.14. The Kier molecular flexibility index (Phi) is 4.85. The molecule has 1 atom stereocenters. The van der Waals surface area contributed by atoms with Gasteiger partial charge in [-0.15, -0.1) is 0 Å². The molecule has 0 aliphatic carbocycles.